The van der Waals surface area contributed by atoms with E-state index in [4.69, 9.17) is 4.84 Å². The number of nitrogens with one attached hydrogen (secondary N) is 1. The van der Waals surface area contributed by atoms with Gasteiger partial charge in [0.25, 0.3) is 0 Å². The van der Waals surface area contributed by atoms with Crippen molar-refractivity contribution >= 4 is 15.7 Å². The average molecular weight is 449 g/mol. The number of oxime groups is 1. The molecule has 0 radical (unpaired) electrons. The van der Waals surface area contributed by atoms with Crippen LogP contribution in [-0.4, -0.2) is 26.3 Å². The zero-order chi connectivity index (χ0) is 22.4. The van der Waals surface area contributed by atoms with Crippen molar-refractivity contribution in [2.24, 2.45) is 5.16 Å². The van der Waals surface area contributed by atoms with Gasteiger partial charge in [-0.2, -0.15) is 0 Å². The SMILES string of the molecule is Cc1ccc(CS(=O)(=O)NC(Cc2ccccc2)C2CC(Cc3ccccc3)=NO2)cc1. The molecule has 0 bridgehead atoms. The molecule has 5 nitrogen and oxygen atoms in total. The lowest BCUT2D eigenvalue weighted by Crippen LogP contribution is -2.45. The number of hydrogen-bond donors (Lipinski definition) is 1. The Morgan fingerprint density at radius 3 is 2.19 bits per heavy atom. The topological polar surface area (TPSA) is 67.8 Å². The fourth-order valence-corrected chi connectivity index (χ4v) is 5.30. The predicted molar refractivity (Wildman–Crippen MR) is 128 cm³/mol. The molecule has 32 heavy (non-hydrogen) atoms. The minimum Gasteiger partial charge on any atom is -0.390 e. The fraction of sp³-hybridized carbons (Fsp3) is 0.269. The van der Waals surface area contributed by atoms with Gasteiger partial charge in [-0.15, -0.1) is 0 Å². The molecule has 1 N–H and O–H groups in total. The molecule has 0 amide bonds. The van der Waals surface area contributed by atoms with Gasteiger partial charge in [0.15, 0.2) is 0 Å². The maximum atomic E-state index is 13.0. The molecule has 6 heteroatoms. The first-order valence-corrected chi connectivity index (χ1v) is 12.5. The Bertz CT molecular complexity index is 1140. The van der Waals surface area contributed by atoms with Crippen molar-refractivity contribution in [3.63, 3.8) is 0 Å². The van der Waals surface area contributed by atoms with Crippen LogP contribution < -0.4 is 4.72 Å². The summed E-state index contributed by atoms with van der Waals surface area (Å²) in [6, 6.07) is 27.1. The van der Waals surface area contributed by atoms with Crippen molar-refractivity contribution < 1.29 is 13.3 Å². The van der Waals surface area contributed by atoms with Crippen LogP contribution in [-0.2, 0) is 33.5 Å². The quantitative estimate of drug-likeness (QED) is 0.527. The van der Waals surface area contributed by atoms with Crippen LogP contribution >= 0.6 is 0 Å². The molecule has 3 aromatic carbocycles. The fourth-order valence-electron chi connectivity index (χ4n) is 3.89. The van der Waals surface area contributed by atoms with Crippen LogP contribution in [0, 0.1) is 6.92 Å². The number of hydrogen-bond acceptors (Lipinski definition) is 4. The molecule has 2 atom stereocenters. The lowest BCUT2D eigenvalue weighted by atomic mass is 9.97. The zero-order valence-electron chi connectivity index (χ0n) is 18.1. The van der Waals surface area contributed by atoms with E-state index in [-0.39, 0.29) is 11.9 Å². The molecule has 1 aliphatic heterocycles. The van der Waals surface area contributed by atoms with Crippen LogP contribution in [0.25, 0.3) is 0 Å². The highest BCUT2D eigenvalue weighted by Gasteiger charge is 2.33. The van der Waals surface area contributed by atoms with E-state index < -0.39 is 16.1 Å². The summed E-state index contributed by atoms with van der Waals surface area (Å²) in [6.07, 6.45) is 1.49. The molecule has 1 aliphatic rings. The Morgan fingerprint density at radius 2 is 1.53 bits per heavy atom. The van der Waals surface area contributed by atoms with E-state index in [1.54, 1.807) is 0 Å². The second kappa shape index (κ2) is 10.1. The Labute approximate surface area is 190 Å². The number of benzene rings is 3. The van der Waals surface area contributed by atoms with Crippen molar-refractivity contribution in [2.45, 2.75) is 44.1 Å². The first-order chi connectivity index (χ1) is 15.5. The summed E-state index contributed by atoms with van der Waals surface area (Å²) in [6.45, 7) is 1.98. The summed E-state index contributed by atoms with van der Waals surface area (Å²) in [5.41, 5.74) is 5.00. The first kappa shape index (κ1) is 22.2. The number of nitrogens with zero attached hydrogens (tertiary/aromatic N) is 1. The van der Waals surface area contributed by atoms with Gasteiger partial charge in [-0.25, -0.2) is 13.1 Å². The van der Waals surface area contributed by atoms with E-state index in [1.807, 2.05) is 79.7 Å². The molecule has 4 rings (SSSR count). The molecule has 0 fully saturated rings. The van der Waals surface area contributed by atoms with Crippen molar-refractivity contribution in [1.82, 2.24) is 4.72 Å². The van der Waals surface area contributed by atoms with Gasteiger partial charge < -0.3 is 4.84 Å². The second-order valence-electron chi connectivity index (χ2n) is 8.33. The monoisotopic (exact) mass is 448 g/mol. The highest BCUT2D eigenvalue weighted by molar-refractivity contribution is 7.88. The lowest BCUT2D eigenvalue weighted by Gasteiger charge is -2.23. The van der Waals surface area contributed by atoms with Crippen LogP contribution in [0.3, 0.4) is 0 Å². The third-order valence-electron chi connectivity index (χ3n) is 5.56. The molecular weight excluding hydrogens is 420 g/mol. The van der Waals surface area contributed by atoms with Gasteiger partial charge in [-0.3, -0.25) is 0 Å². The van der Waals surface area contributed by atoms with Crippen molar-refractivity contribution in [3.05, 3.63) is 107 Å². The number of sulfonamides is 1. The number of aryl methyl sites for hydroxylation is 1. The molecule has 2 unspecified atom stereocenters. The first-order valence-electron chi connectivity index (χ1n) is 10.8. The number of rotatable bonds is 9. The zero-order valence-corrected chi connectivity index (χ0v) is 19.0. The van der Waals surface area contributed by atoms with E-state index in [1.165, 1.54) is 0 Å². The third kappa shape index (κ3) is 6.28. The van der Waals surface area contributed by atoms with Crippen LogP contribution in [0.5, 0.6) is 0 Å². The summed E-state index contributed by atoms with van der Waals surface area (Å²) >= 11 is 0. The molecule has 166 valence electrons. The maximum absolute atomic E-state index is 13.0. The molecular formula is C26H28N2O3S. The highest BCUT2D eigenvalue weighted by atomic mass is 32.2. The summed E-state index contributed by atoms with van der Waals surface area (Å²) in [5.74, 6) is -0.0664. The van der Waals surface area contributed by atoms with Gasteiger partial charge in [0.1, 0.15) is 6.10 Å². The molecule has 0 aliphatic carbocycles. The summed E-state index contributed by atoms with van der Waals surface area (Å²) in [4.78, 5) is 5.74. The average Bonchev–Trinajstić information content (AvgIpc) is 3.24. The highest BCUT2D eigenvalue weighted by Crippen LogP contribution is 2.21. The van der Waals surface area contributed by atoms with E-state index in [2.05, 4.69) is 22.0 Å². The van der Waals surface area contributed by atoms with Gasteiger partial charge in [0.05, 0.1) is 17.5 Å². The second-order valence-corrected chi connectivity index (χ2v) is 10.1. The Balaban J connectivity index is 1.47. The molecule has 0 spiro atoms. The summed E-state index contributed by atoms with van der Waals surface area (Å²) < 4.78 is 28.9. The normalized spacial score (nSPS) is 16.9. The largest absolute Gasteiger partial charge is 0.390 e. The van der Waals surface area contributed by atoms with E-state index in [0.29, 0.717) is 19.3 Å². The smallest absolute Gasteiger partial charge is 0.216 e. The standard InChI is InChI=1S/C26H28N2O3S/c1-20-12-14-23(15-13-20)19-32(29,30)28-25(17-22-10-6-3-7-11-22)26-18-24(27-31-26)16-21-8-4-2-5-9-21/h2-15,25-26,28H,16-19H2,1H3. The molecule has 1 heterocycles. The molecule has 0 saturated carbocycles. The van der Waals surface area contributed by atoms with Gasteiger partial charge in [0.2, 0.25) is 10.0 Å². The Morgan fingerprint density at radius 1 is 0.906 bits per heavy atom. The Hall–Kier alpha value is -2.96. The van der Waals surface area contributed by atoms with Crippen molar-refractivity contribution in [2.75, 3.05) is 0 Å². The minimum absolute atomic E-state index is 0.0664. The van der Waals surface area contributed by atoms with E-state index >= 15 is 0 Å². The van der Waals surface area contributed by atoms with Gasteiger partial charge >= 0.3 is 0 Å². The third-order valence-corrected chi connectivity index (χ3v) is 6.94. The predicted octanol–water partition coefficient (Wildman–Crippen LogP) is 4.41. The minimum atomic E-state index is -3.56. The van der Waals surface area contributed by atoms with E-state index in [9.17, 15) is 8.42 Å². The maximum Gasteiger partial charge on any atom is 0.216 e. The lowest BCUT2D eigenvalue weighted by molar-refractivity contribution is 0.0615. The molecule has 0 aromatic heterocycles. The van der Waals surface area contributed by atoms with Gasteiger partial charge in [-0.1, -0.05) is 95.6 Å². The van der Waals surface area contributed by atoms with Crippen molar-refractivity contribution in [1.29, 1.82) is 0 Å². The Kier molecular flexibility index (Phi) is 7.02. The molecule has 3 aromatic rings. The van der Waals surface area contributed by atoms with Crippen molar-refractivity contribution in [3.8, 4) is 0 Å². The van der Waals surface area contributed by atoms with Crippen LogP contribution in [0.15, 0.2) is 90.1 Å². The van der Waals surface area contributed by atoms with Gasteiger partial charge in [-0.05, 0) is 30.0 Å². The van der Waals surface area contributed by atoms with Crippen LogP contribution in [0.4, 0.5) is 0 Å². The van der Waals surface area contributed by atoms with E-state index in [0.717, 1.165) is 28.0 Å². The molecule has 0 saturated heterocycles. The van der Waals surface area contributed by atoms with Crippen LogP contribution in [0.1, 0.15) is 28.7 Å². The van der Waals surface area contributed by atoms with Gasteiger partial charge in [0, 0.05) is 12.8 Å². The van der Waals surface area contributed by atoms with Crippen LogP contribution in [0.2, 0.25) is 0 Å². The summed E-state index contributed by atoms with van der Waals surface area (Å²) in [7, 11) is -3.56. The summed E-state index contributed by atoms with van der Waals surface area (Å²) in [5, 5.41) is 4.28.